The average molecular weight is 306 g/mol. The van der Waals surface area contributed by atoms with Crippen LogP contribution in [-0.4, -0.2) is 4.98 Å². The van der Waals surface area contributed by atoms with Gasteiger partial charge in [-0.2, -0.15) is 5.26 Å². The Hall–Kier alpha value is -1.93. The highest BCUT2D eigenvalue weighted by molar-refractivity contribution is 9.10. The number of aryl methyl sites for hydroxylation is 1. The summed E-state index contributed by atoms with van der Waals surface area (Å²) < 4.78 is 14.3. The van der Waals surface area contributed by atoms with E-state index in [0.29, 0.717) is 11.5 Å². The van der Waals surface area contributed by atoms with Crippen LogP contribution in [0.4, 0.5) is 15.9 Å². The van der Waals surface area contributed by atoms with Gasteiger partial charge >= 0.3 is 0 Å². The van der Waals surface area contributed by atoms with Gasteiger partial charge in [-0.25, -0.2) is 9.37 Å². The molecule has 0 fully saturated rings. The summed E-state index contributed by atoms with van der Waals surface area (Å²) in [6, 6.07) is 9.87. The lowest BCUT2D eigenvalue weighted by molar-refractivity contribution is 0.624. The molecule has 0 aliphatic rings. The van der Waals surface area contributed by atoms with Crippen molar-refractivity contribution >= 4 is 27.4 Å². The van der Waals surface area contributed by atoms with Crippen molar-refractivity contribution in [1.29, 1.82) is 5.26 Å². The average Bonchev–Trinajstić information content (AvgIpc) is 2.34. The first kappa shape index (κ1) is 12.5. The third kappa shape index (κ3) is 2.49. The molecule has 0 saturated heterocycles. The lowest BCUT2D eigenvalue weighted by Gasteiger charge is -2.09. The second kappa shape index (κ2) is 5.15. The minimum atomic E-state index is -0.545. The number of nitrogens with one attached hydrogen (secondary N) is 1. The number of benzene rings is 1. The topological polar surface area (TPSA) is 48.7 Å². The Kier molecular flexibility index (Phi) is 3.58. The van der Waals surface area contributed by atoms with Crippen molar-refractivity contribution in [3.05, 3.63) is 51.9 Å². The van der Waals surface area contributed by atoms with E-state index in [-0.39, 0.29) is 5.56 Å². The van der Waals surface area contributed by atoms with Gasteiger partial charge in [-0.3, -0.25) is 0 Å². The lowest BCUT2D eigenvalue weighted by Crippen LogP contribution is -1.99. The molecular formula is C13H9BrFN3. The van der Waals surface area contributed by atoms with E-state index in [1.165, 1.54) is 6.07 Å². The minimum absolute atomic E-state index is 0.0140. The Morgan fingerprint density at radius 1 is 1.33 bits per heavy atom. The van der Waals surface area contributed by atoms with Crippen LogP contribution in [-0.2, 0) is 0 Å². The molecule has 1 aromatic heterocycles. The normalized spacial score (nSPS) is 9.89. The molecule has 3 nitrogen and oxygen atoms in total. The number of nitriles is 1. The summed E-state index contributed by atoms with van der Waals surface area (Å²) in [7, 11) is 0. The van der Waals surface area contributed by atoms with E-state index in [1.807, 2.05) is 19.1 Å². The van der Waals surface area contributed by atoms with Crippen molar-refractivity contribution in [2.75, 3.05) is 5.32 Å². The molecule has 2 aromatic rings. The third-order valence-electron chi connectivity index (χ3n) is 2.41. The molecule has 0 atom stereocenters. The van der Waals surface area contributed by atoms with E-state index in [2.05, 4.69) is 26.2 Å². The van der Waals surface area contributed by atoms with Crippen molar-refractivity contribution in [3.63, 3.8) is 0 Å². The molecule has 0 aliphatic heterocycles. The van der Waals surface area contributed by atoms with E-state index >= 15 is 0 Å². The number of nitrogens with zero attached hydrogens (tertiary/aromatic N) is 2. The van der Waals surface area contributed by atoms with E-state index in [0.717, 1.165) is 10.2 Å². The number of hydrogen-bond acceptors (Lipinski definition) is 3. The van der Waals surface area contributed by atoms with Gasteiger partial charge in [0.15, 0.2) is 0 Å². The highest BCUT2D eigenvalue weighted by atomic mass is 79.9. The highest BCUT2D eigenvalue weighted by Crippen LogP contribution is 2.23. The quantitative estimate of drug-likeness (QED) is 0.915. The molecule has 0 radical (unpaired) electrons. The molecule has 1 aromatic carbocycles. The van der Waals surface area contributed by atoms with Crippen LogP contribution in [0.3, 0.4) is 0 Å². The summed E-state index contributed by atoms with van der Waals surface area (Å²) in [5.74, 6) is 0.0223. The van der Waals surface area contributed by atoms with Crippen LogP contribution in [0.2, 0.25) is 0 Å². The van der Waals surface area contributed by atoms with Gasteiger partial charge in [0.25, 0.3) is 0 Å². The molecule has 18 heavy (non-hydrogen) atoms. The van der Waals surface area contributed by atoms with E-state index in [9.17, 15) is 4.39 Å². The second-order valence-electron chi connectivity index (χ2n) is 3.66. The molecule has 0 spiro atoms. The van der Waals surface area contributed by atoms with Gasteiger partial charge in [0.2, 0.25) is 0 Å². The number of rotatable bonds is 2. The van der Waals surface area contributed by atoms with Gasteiger partial charge in [0.05, 0.1) is 11.4 Å². The Morgan fingerprint density at radius 2 is 2.11 bits per heavy atom. The molecule has 0 unspecified atom stereocenters. The second-order valence-corrected chi connectivity index (χ2v) is 4.52. The van der Waals surface area contributed by atoms with E-state index < -0.39 is 5.82 Å². The van der Waals surface area contributed by atoms with Crippen LogP contribution >= 0.6 is 15.9 Å². The number of aromatic nitrogens is 1. The Bertz CT molecular complexity index is 635. The molecule has 2 rings (SSSR count). The molecule has 5 heteroatoms. The fraction of sp³-hybridized carbons (Fsp3) is 0.0769. The maximum absolute atomic E-state index is 13.4. The Balaban J connectivity index is 2.37. The van der Waals surface area contributed by atoms with Crippen LogP contribution in [0.1, 0.15) is 11.3 Å². The Morgan fingerprint density at radius 3 is 2.78 bits per heavy atom. The number of pyridine rings is 1. The predicted molar refractivity (Wildman–Crippen MR) is 71.1 cm³/mol. The first-order valence-electron chi connectivity index (χ1n) is 5.20. The molecular weight excluding hydrogens is 297 g/mol. The van der Waals surface area contributed by atoms with Gasteiger partial charge in [-0.1, -0.05) is 6.07 Å². The summed E-state index contributed by atoms with van der Waals surface area (Å²) in [4.78, 5) is 4.28. The monoisotopic (exact) mass is 305 g/mol. The molecule has 0 saturated carbocycles. The molecule has 0 aliphatic carbocycles. The fourth-order valence-corrected chi connectivity index (χ4v) is 1.71. The summed E-state index contributed by atoms with van der Waals surface area (Å²) in [5, 5.41) is 11.9. The van der Waals surface area contributed by atoms with Crippen molar-refractivity contribution in [2.45, 2.75) is 6.92 Å². The van der Waals surface area contributed by atoms with Crippen LogP contribution in [0.5, 0.6) is 0 Å². The third-order valence-corrected chi connectivity index (χ3v) is 3.25. The molecule has 0 bridgehead atoms. The van der Waals surface area contributed by atoms with E-state index in [1.54, 1.807) is 18.2 Å². The minimum Gasteiger partial charge on any atom is -0.339 e. The lowest BCUT2D eigenvalue weighted by atomic mass is 10.2. The summed E-state index contributed by atoms with van der Waals surface area (Å²) in [5.41, 5.74) is 1.21. The van der Waals surface area contributed by atoms with Crippen LogP contribution < -0.4 is 5.32 Å². The van der Waals surface area contributed by atoms with Crippen molar-refractivity contribution in [2.24, 2.45) is 0 Å². The summed E-state index contributed by atoms with van der Waals surface area (Å²) >= 11 is 3.35. The molecule has 1 N–H and O–H groups in total. The standard InChI is InChI=1S/C13H9BrFN3/c1-8-10(14)5-6-13(17-8)18-12-4-2-3-11(15)9(12)7-16/h2-6H,1H3,(H,17,18). The van der Waals surface area contributed by atoms with Crippen molar-refractivity contribution in [1.82, 2.24) is 4.98 Å². The maximum atomic E-state index is 13.4. The first-order chi connectivity index (χ1) is 8.61. The van der Waals surface area contributed by atoms with Gasteiger partial charge < -0.3 is 5.32 Å². The van der Waals surface area contributed by atoms with Crippen LogP contribution in [0, 0.1) is 24.1 Å². The van der Waals surface area contributed by atoms with Crippen LogP contribution in [0.15, 0.2) is 34.8 Å². The van der Waals surface area contributed by atoms with Gasteiger partial charge in [-0.05, 0) is 47.1 Å². The van der Waals surface area contributed by atoms with Gasteiger partial charge in [0.1, 0.15) is 23.3 Å². The van der Waals surface area contributed by atoms with Gasteiger partial charge in [-0.15, -0.1) is 0 Å². The van der Waals surface area contributed by atoms with Crippen LogP contribution in [0.25, 0.3) is 0 Å². The smallest absolute Gasteiger partial charge is 0.143 e. The first-order valence-corrected chi connectivity index (χ1v) is 6.00. The zero-order chi connectivity index (χ0) is 13.1. The SMILES string of the molecule is Cc1nc(Nc2cccc(F)c2C#N)ccc1Br. The zero-order valence-corrected chi connectivity index (χ0v) is 11.1. The number of hydrogen-bond donors (Lipinski definition) is 1. The highest BCUT2D eigenvalue weighted by Gasteiger charge is 2.08. The molecule has 0 amide bonds. The molecule has 90 valence electrons. The maximum Gasteiger partial charge on any atom is 0.143 e. The van der Waals surface area contributed by atoms with Crippen molar-refractivity contribution < 1.29 is 4.39 Å². The van der Waals surface area contributed by atoms with Gasteiger partial charge in [0, 0.05) is 4.47 Å². The number of halogens is 2. The van der Waals surface area contributed by atoms with E-state index in [4.69, 9.17) is 5.26 Å². The largest absolute Gasteiger partial charge is 0.339 e. The predicted octanol–water partition coefficient (Wildman–Crippen LogP) is 3.91. The summed E-state index contributed by atoms with van der Waals surface area (Å²) in [6.45, 7) is 1.85. The molecule has 1 heterocycles. The fourth-order valence-electron chi connectivity index (χ4n) is 1.49. The number of anilines is 2. The summed E-state index contributed by atoms with van der Waals surface area (Å²) in [6.07, 6.45) is 0. The zero-order valence-electron chi connectivity index (χ0n) is 9.54. The van der Waals surface area contributed by atoms with Crippen molar-refractivity contribution in [3.8, 4) is 6.07 Å². The Labute approximate surface area is 112 Å².